The highest BCUT2D eigenvalue weighted by Crippen LogP contribution is 2.10. The van der Waals surface area contributed by atoms with Crippen molar-refractivity contribution in [2.24, 2.45) is 0 Å². The number of unbranched alkanes of at least 4 members (excludes halogenated alkanes) is 1. The lowest BCUT2D eigenvalue weighted by molar-refractivity contribution is -0.121. The fourth-order valence-electron chi connectivity index (χ4n) is 1.66. The number of benzene rings is 1. The van der Waals surface area contributed by atoms with Crippen LogP contribution in [0.25, 0.3) is 0 Å². The molecule has 0 unspecified atom stereocenters. The Bertz CT molecular complexity index is 358. The number of carbonyl (C=O) groups is 1. The van der Waals surface area contributed by atoms with Crippen LogP contribution in [0.2, 0.25) is 0 Å². The SMILES string of the molecule is CCCCC(=O)NCc1ccc(C)cc1C. The Kier molecular flexibility index (Phi) is 5.03. The molecule has 0 heterocycles. The van der Waals surface area contributed by atoms with Crippen LogP contribution in [-0.4, -0.2) is 5.91 Å². The highest BCUT2D eigenvalue weighted by Gasteiger charge is 2.02. The summed E-state index contributed by atoms with van der Waals surface area (Å²) in [6, 6.07) is 6.32. The standard InChI is InChI=1S/C14H21NO/c1-4-5-6-14(16)15-10-13-8-7-11(2)9-12(13)3/h7-9H,4-6,10H2,1-3H3,(H,15,16). The molecular weight excluding hydrogens is 198 g/mol. The summed E-state index contributed by atoms with van der Waals surface area (Å²) in [5, 5.41) is 2.96. The fraction of sp³-hybridized carbons (Fsp3) is 0.500. The van der Waals surface area contributed by atoms with Gasteiger partial charge < -0.3 is 5.32 Å². The summed E-state index contributed by atoms with van der Waals surface area (Å²) in [5.74, 6) is 0.154. The minimum Gasteiger partial charge on any atom is -0.352 e. The number of nitrogens with one attached hydrogen (secondary N) is 1. The molecule has 1 amide bonds. The zero-order valence-corrected chi connectivity index (χ0v) is 10.5. The summed E-state index contributed by atoms with van der Waals surface area (Å²) in [5.41, 5.74) is 3.71. The Morgan fingerprint density at radius 1 is 1.31 bits per heavy atom. The fourth-order valence-corrected chi connectivity index (χ4v) is 1.66. The molecule has 0 spiro atoms. The highest BCUT2D eigenvalue weighted by molar-refractivity contribution is 5.75. The van der Waals surface area contributed by atoms with E-state index in [1.807, 2.05) is 0 Å². The molecule has 0 saturated heterocycles. The van der Waals surface area contributed by atoms with E-state index in [2.05, 4.69) is 44.3 Å². The molecule has 0 aromatic heterocycles. The van der Waals surface area contributed by atoms with E-state index in [-0.39, 0.29) is 5.91 Å². The first-order chi connectivity index (χ1) is 7.63. The molecule has 88 valence electrons. The summed E-state index contributed by atoms with van der Waals surface area (Å²) in [6.45, 7) is 6.91. The lowest BCUT2D eigenvalue weighted by Crippen LogP contribution is -2.22. The zero-order valence-electron chi connectivity index (χ0n) is 10.5. The number of carbonyl (C=O) groups excluding carboxylic acids is 1. The monoisotopic (exact) mass is 219 g/mol. The van der Waals surface area contributed by atoms with Gasteiger partial charge in [0, 0.05) is 13.0 Å². The van der Waals surface area contributed by atoms with Gasteiger partial charge in [-0.1, -0.05) is 37.1 Å². The lowest BCUT2D eigenvalue weighted by Gasteiger charge is -2.08. The van der Waals surface area contributed by atoms with Crippen LogP contribution < -0.4 is 5.32 Å². The number of rotatable bonds is 5. The van der Waals surface area contributed by atoms with E-state index in [0.717, 1.165) is 12.8 Å². The third-order valence-corrected chi connectivity index (χ3v) is 2.73. The second-order valence-electron chi connectivity index (χ2n) is 4.31. The number of amides is 1. The Balaban J connectivity index is 2.45. The number of aryl methyl sites for hydroxylation is 2. The van der Waals surface area contributed by atoms with E-state index in [9.17, 15) is 4.79 Å². The van der Waals surface area contributed by atoms with Crippen LogP contribution in [0, 0.1) is 13.8 Å². The van der Waals surface area contributed by atoms with Crippen LogP contribution in [-0.2, 0) is 11.3 Å². The highest BCUT2D eigenvalue weighted by atomic mass is 16.1. The van der Waals surface area contributed by atoms with E-state index in [1.165, 1.54) is 16.7 Å². The first kappa shape index (κ1) is 12.8. The Morgan fingerprint density at radius 2 is 2.06 bits per heavy atom. The van der Waals surface area contributed by atoms with Gasteiger partial charge >= 0.3 is 0 Å². The maximum Gasteiger partial charge on any atom is 0.220 e. The third-order valence-electron chi connectivity index (χ3n) is 2.73. The summed E-state index contributed by atoms with van der Waals surface area (Å²) < 4.78 is 0. The van der Waals surface area contributed by atoms with Gasteiger partial charge in [-0.25, -0.2) is 0 Å². The van der Waals surface area contributed by atoms with Crippen molar-refractivity contribution in [1.29, 1.82) is 0 Å². The second-order valence-corrected chi connectivity index (χ2v) is 4.31. The summed E-state index contributed by atoms with van der Waals surface area (Å²) >= 11 is 0. The smallest absolute Gasteiger partial charge is 0.220 e. The molecule has 1 aromatic rings. The van der Waals surface area contributed by atoms with Gasteiger partial charge in [0.2, 0.25) is 5.91 Å². The van der Waals surface area contributed by atoms with Gasteiger partial charge in [-0.15, -0.1) is 0 Å². The van der Waals surface area contributed by atoms with Gasteiger partial charge in [0.15, 0.2) is 0 Å². The van der Waals surface area contributed by atoms with Crippen LogP contribution in [0.15, 0.2) is 18.2 Å². The van der Waals surface area contributed by atoms with E-state index in [4.69, 9.17) is 0 Å². The van der Waals surface area contributed by atoms with Crippen LogP contribution >= 0.6 is 0 Å². The maximum absolute atomic E-state index is 11.4. The second kappa shape index (κ2) is 6.31. The molecule has 0 radical (unpaired) electrons. The molecule has 2 heteroatoms. The molecule has 0 bridgehead atoms. The first-order valence-corrected chi connectivity index (χ1v) is 5.96. The van der Waals surface area contributed by atoms with Crippen molar-refractivity contribution in [3.05, 3.63) is 34.9 Å². The van der Waals surface area contributed by atoms with E-state index >= 15 is 0 Å². The summed E-state index contributed by atoms with van der Waals surface area (Å²) in [7, 11) is 0. The van der Waals surface area contributed by atoms with Crippen molar-refractivity contribution in [3.8, 4) is 0 Å². The topological polar surface area (TPSA) is 29.1 Å². The average molecular weight is 219 g/mol. The summed E-state index contributed by atoms with van der Waals surface area (Å²) in [6.07, 6.45) is 2.68. The van der Waals surface area contributed by atoms with Gasteiger partial charge in [0.1, 0.15) is 0 Å². The average Bonchev–Trinajstić information content (AvgIpc) is 2.25. The molecule has 0 aliphatic rings. The maximum atomic E-state index is 11.4. The molecule has 16 heavy (non-hydrogen) atoms. The minimum absolute atomic E-state index is 0.154. The quantitative estimate of drug-likeness (QED) is 0.810. The minimum atomic E-state index is 0.154. The van der Waals surface area contributed by atoms with Gasteiger partial charge in [-0.2, -0.15) is 0 Å². The van der Waals surface area contributed by atoms with Crippen molar-refractivity contribution in [3.63, 3.8) is 0 Å². The van der Waals surface area contributed by atoms with E-state index in [1.54, 1.807) is 0 Å². The van der Waals surface area contributed by atoms with Crippen molar-refractivity contribution in [1.82, 2.24) is 5.32 Å². The molecule has 2 nitrogen and oxygen atoms in total. The molecule has 0 saturated carbocycles. The van der Waals surface area contributed by atoms with Crippen molar-refractivity contribution in [2.45, 2.75) is 46.6 Å². The van der Waals surface area contributed by atoms with Gasteiger partial charge in [0.05, 0.1) is 0 Å². The van der Waals surface area contributed by atoms with E-state index < -0.39 is 0 Å². The Labute approximate surface area is 98.1 Å². The normalized spacial score (nSPS) is 10.2. The molecule has 0 aliphatic carbocycles. The molecule has 1 aromatic carbocycles. The molecule has 0 atom stereocenters. The van der Waals surface area contributed by atoms with Crippen LogP contribution in [0.1, 0.15) is 42.9 Å². The van der Waals surface area contributed by atoms with Crippen LogP contribution in [0.5, 0.6) is 0 Å². The number of hydrogen-bond acceptors (Lipinski definition) is 1. The van der Waals surface area contributed by atoms with Crippen molar-refractivity contribution < 1.29 is 4.79 Å². The molecule has 0 fully saturated rings. The predicted molar refractivity (Wildman–Crippen MR) is 67.3 cm³/mol. The Morgan fingerprint density at radius 3 is 2.69 bits per heavy atom. The summed E-state index contributed by atoms with van der Waals surface area (Å²) in [4.78, 5) is 11.4. The largest absolute Gasteiger partial charge is 0.352 e. The molecule has 1 N–H and O–H groups in total. The first-order valence-electron chi connectivity index (χ1n) is 5.96. The molecule has 0 aliphatic heterocycles. The molecular formula is C14H21NO. The van der Waals surface area contributed by atoms with Crippen molar-refractivity contribution >= 4 is 5.91 Å². The lowest BCUT2D eigenvalue weighted by atomic mass is 10.1. The van der Waals surface area contributed by atoms with Gasteiger partial charge in [-0.3, -0.25) is 4.79 Å². The van der Waals surface area contributed by atoms with E-state index in [0.29, 0.717) is 13.0 Å². The van der Waals surface area contributed by atoms with Gasteiger partial charge in [0.25, 0.3) is 0 Å². The zero-order chi connectivity index (χ0) is 12.0. The van der Waals surface area contributed by atoms with Crippen molar-refractivity contribution in [2.75, 3.05) is 0 Å². The molecule has 1 rings (SSSR count). The van der Waals surface area contributed by atoms with Crippen LogP contribution in [0.4, 0.5) is 0 Å². The van der Waals surface area contributed by atoms with Crippen LogP contribution in [0.3, 0.4) is 0 Å². The third kappa shape index (κ3) is 4.05. The van der Waals surface area contributed by atoms with Gasteiger partial charge in [-0.05, 0) is 31.4 Å². The Hall–Kier alpha value is -1.31. The predicted octanol–water partition coefficient (Wildman–Crippen LogP) is 3.11. The number of hydrogen-bond donors (Lipinski definition) is 1.